The highest BCUT2D eigenvalue weighted by atomic mass is 16.3. The quantitative estimate of drug-likeness (QED) is 0.705. The predicted octanol–water partition coefficient (Wildman–Crippen LogP) is 2.12. The third-order valence-electron chi connectivity index (χ3n) is 4.27. The average Bonchev–Trinajstić information content (AvgIpc) is 2.87. The number of amides is 1. The molecule has 1 saturated heterocycles. The Morgan fingerprint density at radius 2 is 1.90 bits per heavy atom. The lowest BCUT2D eigenvalue weighted by Crippen LogP contribution is -2.41. The summed E-state index contributed by atoms with van der Waals surface area (Å²) in [6.45, 7) is 10.3. The van der Waals surface area contributed by atoms with Crippen LogP contribution in [0.25, 0.3) is 0 Å². The van der Waals surface area contributed by atoms with Gasteiger partial charge < -0.3 is 10.0 Å². The summed E-state index contributed by atoms with van der Waals surface area (Å²) in [5.41, 5.74) is 0. The highest BCUT2D eigenvalue weighted by molar-refractivity contribution is 5.78. The lowest BCUT2D eigenvalue weighted by Gasteiger charge is -2.25. The van der Waals surface area contributed by atoms with Crippen molar-refractivity contribution in [2.24, 2.45) is 5.92 Å². The summed E-state index contributed by atoms with van der Waals surface area (Å²) in [4.78, 5) is 16.6. The van der Waals surface area contributed by atoms with Gasteiger partial charge in [0.2, 0.25) is 5.91 Å². The number of likely N-dealkylation sites (tertiary alicyclic amines) is 1. The summed E-state index contributed by atoms with van der Waals surface area (Å²) in [5, 5.41) is 9.62. The molecule has 0 radical (unpaired) electrons. The van der Waals surface area contributed by atoms with Gasteiger partial charge in [0.1, 0.15) is 0 Å². The van der Waals surface area contributed by atoms with E-state index in [1.807, 2.05) is 11.8 Å². The number of rotatable bonds is 9. The average molecular weight is 284 g/mol. The second kappa shape index (κ2) is 9.35. The third-order valence-corrected chi connectivity index (χ3v) is 4.27. The molecule has 1 amide bonds. The third kappa shape index (κ3) is 5.80. The number of aliphatic hydroxyl groups is 1. The normalized spacial score (nSPS) is 21.1. The maximum Gasteiger partial charge on any atom is 0.236 e. The molecular weight excluding hydrogens is 252 g/mol. The van der Waals surface area contributed by atoms with Crippen molar-refractivity contribution in [2.45, 2.75) is 59.0 Å². The number of carbonyl (C=O) groups is 1. The molecule has 0 aromatic rings. The van der Waals surface area contributed by atoms with Crippen LogP contribution in [0.3, 0.4) is 0 Å². The first-order valence-electron chi connectivity index (χ1n) is 8.26. The molecule has 0 aromatic heterocycles. The Kier molecular flexibility index (Phi) is 8.15. The lowest BCUT2D eigenvalue weighted by molar-refractivity contribution is -0.132. The summed E-state index contributed by atoms with van der Waals surface area (Å²) in [6, 6.07) is 0. The highest BCUT2D eigenvalue weighted by Gasteiger charge is 2.28. The molecule has 0 aromatic carbocycles. The van der Waals surface area contributed by atoms with Crippen LogP contribution in [0.4, 0.5) is 0 Å². The Balaban J connectivity index is 2.40. The highest BCUT2D eigenvalue weighted by Crippen LogP contribution is 2.19. The summed E-state index contributed by atoms with van der Waals surface area (Å²) in [6.07, 6.45) is 5.19. The molecule has 1 aliphatic rings. The standard InChI is InChI=1S/C16H32N2O2/c1-4-6-9-18(10-7-5-2)16(20)13-17-11-8-15(12-17)14(3)19/h14-15,19H,4-13H2,1-3H3. The molecule has 20 heavy (non-hydrogen) atoms. The summed E-state index contributed by atoms with van der Waals surface area (Å²) < 4.78 is 0. The molecule has 1 aliphatic heterocycles. The Morgan fingerprint density at radius 1 is 1.30 bits per heavy atom. The van der Waals surface area contributed by atoms with E-state index in [1.165, 1.54) is 0 Å². The minimum Gasteiger partial charge on any atom is -0.393 e. The molecule has 0 saturated carbocycles. The van der Waals surface area contributed by atoms with Crippen LogP contribution in [-0.2, 0) is 4.79 Å². The van der Waals surface area contributed by atoms with Crippen LogP contribution in [0, 0.1) is 5.92 Å². The number of aliphatic hydroxyl groups excluding tert-OH is 1. The number of hydrogen-bond donors (Lipinski definition) is 1. The molecule has 0 bridgehead atoms. The molecule has 0 aliphatic carbocycles. The number of nitrogens with zero attached hydrogens (tertiary/aromatic N) is 2. The molecule has 1 rings (SSSR count). The van der Waals surface area contributed by atoms with Gasteiger partial charge in [-0.25, -0.2) is 0 Å². The van der Waals surface area contributed by atoms with Crippen LogP contribution in [0.1, 0.15) is 52.9 Å². The summed E-state index contributed by atoms with van der Waals surface area (Å²) >= 11 is 0. The van der Waals surface area contributed by atoms with Crippen LogP contribution in [-0.4, -0.2) is 59.6 Å². The van der Waals surface area contributed by atoms with E-state index in [2.05, 4.69) is 18.7 Å². The summed E-state index contributed by atoms with van der Waals surface area (Å²) in [7, 11) is 0. The molecule has 118 valence electrons. The maximum atomic E-state index is 12.4. The van der Waals surface area contributed by atoms with Crippen molar-refractivity contribution in [3.63, 3.8) is 0 Å². The molecule has 4 heteroatoms. The van der Waals surface area contributed by atoms with Gasteiger partial charge in [-0.3, -0.25) is 9.69 Å². The second-order valence-corrected chi connectivity index (χ2v) is 6.11. The first-order valence-corrected chi connectivity index (χ1v) is 8.26. The second-order valence-electron chi connectivity index (χ2n) is 6.11. The van der Waals surface area contributed by atoms with E-state index in [1.54, 1.807) is 0 Å². The smallest absolute Gasteiger partial charge is 0.236 e. The largest absolute Gasteiger partial charge is 0.393 e. The monoisotopic (exact) mass is 284 g/mol. The van der Waals surface area contributed by atoms with E-state index in [9.17, 15) is 9.90 Å². The number of unbranched alkanes of at least 4 members (excludes halogenated alkanes) is 2. The summed E-state index contributed by atoms with van der Waals surface area (Å²) in [5.74, 6) is 0.598. The SMILES string of the molecule is CCCCN(CCCC)C(=O)CN1CCC(C(C)O)C1. The van der Waals surface area contributed by atoms with Crippen molar-refractivity contribution in [3.05, 3.63) is 0 Å². The van der Waals surface area contributed by atoms with Crippen molar-refractivity contribution in [1.29, 1.82) is 0 Å². The molecule has 1 fully saturated rings. The van der Waals surface area contributed by atoms with Gasteiger partial charge in [-0.15, -0.1) is 0 Å². The van der Waals surface area contributed by atoms with Crippen molar-refractivity contribution >= 4 is 5.91 Å². The van der Waals surface area contributed by atoms with Crippen LogP contribution >= 0.6 is 0 Å². The lowest BCUT2D eigenvalue weighted by atomic mass is 10.0. The minimum absolute atomic E-state index is 0.258. The van der Waals surface area contributed by atoms with Gasteiger partial charge >= 0.3 is 0 Å². The Labute approximate surface area is 124 Å². The fraction of sp³-hybridized carbons (Fsp3) is 0.938. The van der Waals surface area contributed by atoms with Gasteiger partial charge in [0.15, 0.2) is 0 Å². The van der Waals surface area contributed by atoms with Gasteiger partial charge in [-0.1, -0.05) is 26.7 Å². The van der Waals surface area contributed by atoms with Crippen LogP contribution in [0.2, 0.25) is 0 Å². The first-order chi connectivity index (χ1) is 9.58. The predicted molar refractivity (Wildman–Crippen MR) is 82.6 cm³/mol. The van der Waals surface area contributed by atoms with E-state index in [0.717, 1.165) is 58.3 Å². The van der Waals surface area contributed by atoms with E-state index in [4.69, 9.17) is 0 Å². The Morgan fingerprint density at radius 3 is 2.35 bits per heavy atom. The van der Waals surface area contributed by atoms with Gasteiger partial charge in [0, 0.05) is 19.6 Å². The fourth-order valence-corrected chi connectivity index (χ4v) is 2.75. The van der Waals surface area contributed by atoms with Crippen LogP contribution in [0.5, 0.6) is 0 Å². The van der Waals surface area contributed by atoms with Gasteiger partial charge in [0.05, 0.1) is 12.6 Å². The Hall–Kier alpha value is -0.610. The van der Waals surface area contributed by atoms with Gasteiger partial charge in [0.25, 0.3) is 0 Å². The van der Waals surface area contributed by atoms with Crippen molar-refractivity contribution in [2.75, 3.05) is 32.7 Å². The zero-order valence-electron chi connectivity index (χ0n) is 13.5. The fourth-order valence-electron chi connectivity index (χ4n) is 2.75. The van der Waals surface area contributed by atoms with Crippen molar-refractivity contribution in [1.82, 2.24) is 9.80 Å². The number of hydrogen-bond acceptors (Lipinski definition) is 3. The van der Waals surface area contributed by atoms with E-state index in [0.29, 0.717) is 12.5 Å². The first kappa shape index (κ1) is 17.4. The van der Waals surface area contributed by atoms with E-state index >= 15 is 0 Å². The van der Waals surface area contributed by atoms with Crippen LogP contribution in [0.15, 0.2) is 0 Å². The number of carbonyl (C=O) groups excluding carboxylic acids is 1. The van der Waals surface area contributed by atoms with Crippen LogP contribution < -0.4 is 0 Å². The molecule has 2 unspecified atom stereocenters. The molecule has 4 nitrogen and oxygen atoms in total. The zero-order chi connectivity index (χ0) is 15.0. The van der Waals surface area contributed by atoms with E-state index in [-0.39, 0.29) is 12.0 Å². The molecule has 1 heterocycles. The molecular formula is C16H32N2O2. The molecule has 0 spiro atoms. The van der Waals surface area contributed by atoms with Gasteiger partial charge in [-0.2, -0.15) is 0 Å². The molecule has 2 atom stereocenters. The Bertz CT molecular complexity index is 274. The van der Waals surface area contributed by atoms with Crippen molar-refractivity contribution in [3.8, 4) is 0 Å². The minimum atomic E-state index is -0.258. The van der Waals surface area contributed by atoms with Crippen molar-refractivity contribution < 1.29 is 9.90 Å². The van der Waals surface area contributed by atoms with Gasteiger partial charge in [-0.05, 0) is 38.6 Å². The maximum absolute atomic E-state index is 12.4. The zero-order valence-corrected chi connectivity index (χ0v) is 13.5. The van der Waals surface area contributed by atoms with E-state index < -0.39 is 0 Å². The topological polar surface area (TPSA) is 43.8 Å². The molecule has 1 N–H and O–H groups in total.